The molecular formula is C17H23NO3. The molecule has 0 bridgehead atoms. The molecule has 4 nitrogen and oxygen atoms in total. The summed E-state index contributed by atoms with van der Waals surface area (Å²) in [7, 11) is 3.40. The number of carbonyl (C=O) groups excluding carboxylic acids is 1. The number of hydrogen-bond donors (Lipinski definition) is 1. The van der Waals surface area contributed by atoms with Crippen molar-refractivity contribution in [1.82, 2.24) is 0 Å². The first-order valence-electron chi connectivity index (χ1n) is 7.70. The highest BCUT2D eigenvalue weighted by atomic mass is 16.5. The lowest BCUT2D eigenvalue weighted by Crippen LogP contribution is -2.37. The lowest BCUT2D eigenvalue weighted by molar-refractivity contribution is -0.150. The number of methoxy groups -OCH3 is 1. The molecule has 1 heterocycles. The van der Waals surface area contributed by atoms with E-state index in [0.717, 1.165) is 31.6 Å². The molecule has 4 heteroatoms. The first-order chi connectivity index (χ1) is 10.2. The van der Waals surface area contributed by atoms with Crippen molar-refractivity contribution in [2.75, 3.05) is 26.1 Å². The molecule has 0 aromatic heterocycles. The number of ether oxygens (including phenoxy) is 2. The van der Waals surface area contributed by atoms with Gasteiger partial charge in [-0.2, -0.15) is 0 Å². The van der Waals surface area contributed by atoms with Crippen LogP contribution in [0.3, 0.4) is 0 Å². The summed E-state index contributed by atoms with van der Waals surface area (Å²) in [4.78, 5) is 12.1. The van der Waals surface area contributed by atoms with Gasteiger partial charge >= 0.3 is 5.97 Å². The van der Waals surface area contributed by atoms with E-state index in [-0.39, 0.29) is 18.0 Å². The number of fused-ring (bicyclic) bond motifs is 1. The zero-order valence-electron chi connectivity index (χ0n) is 12.7. The highest BCUT2D eigenvalue weighted by Crippen LogP contribution is 2.45. The van der Waals surface area contributed by atoms with Crippen LogP contribution >= 0.6 is 0 Å². The van der Waals surface area contributed by atoms with Crippen LogP contribution in [0.15, 0.2) is 24.3 Å². The SMILES string of the molecule is CNc1ccc(C2CC3OCCC3C(C(=O)OC)C2)cc1. The second-order valence-corrected chi connectivity index (χ2v) is 6.03. The topological polar surface area (TPSA) is 47.6 Å². The van der Waals surface area contributed by atoms with Crippen LogP contribution in [-0.2, 0) is 14.3 Å². The fraction of sp³-hybridized carbons (Fsp3) is 0.588. The molecule has 1 aliphatic heterocycles. The summed E-state index contributed by atoms with van der Waals surface area (Å²) in [5, 5.41) is 3.13. The van der Waals surface area contributed by atoms with Crippen molar-refractivity contribution in [2.45, 2.75) is 31.3 Å². The Morgan fingerprint density at radius 3 is 2.71 bits per heavy atom. The van der Waals surface area contributed by atoms with Crippen LogP contribution in [0, 0.1) is 11.8 Å². The minimum atomic E-state index is -0.0768. The van der Waals surface area contributed by atoms with Gasteiger partial charge in [-0.25, -0.2) is 0 Å². The highest BCUT2D eigenvalue weighted by molar-refractivity contribution is 5.73. The van der Waals surface area contributed by atoms with Gasteiger partial charge in [0, 0.05) is 25.3 Å². The van der Waals surface area contributed by atoms with E-state index >= 15 is 0 Å². The molecule has 3 rings (SSSR count). The molecular weight excluding hydrogens is 266 g/mol. The normalized spacial score (nSPS) is 31.5. The van der Waals surface area contributed by atoms with Gasteiger partial charge in [-0.1, -0.05) is 12.1 Å². The largest absolute Gasteiger partial charge is 0.469 e. The summed E-state index contributed by atoms with van der Waals surface area (Å²) in [5.41, 5.74) is 2.39. The Balaban J connectivity index is 1.80. The van der Waals surface area contributed by atoms with E-state index in [1.54, 1.807) is 0 Å². The molecule has 1 aliphatic carbocycles. The molecule has 21 heavy (non-hydrogen) atoms. The fourth-order valence-electron chi connectivity index (χ4n) is 3.84. The van der Waals surface area contributed by atoms with Crippen LogP contribution in [0.2, 0.25) is 0 Å². The number of anilines is 1. The maximum atomic E-state index is 12.1. The Morgan fingerprint density at radius 1 is 1.29 bits per heavy atom. The third kappa shape index (κ3) is 2.77. The van der Waals surface area contributed by atoms with Crippen molar-refractivity contribution in [3.05, 3.63) is 29.8 Å². The summed E-state index contributed by atoms with van der Waals surface area (Å²) in [5.74, 6) is 0.613. The Morgan fingerprint density at radius 2 is 2.05 bits per heavy atom. The Bertz CT molecular complexity index is 499. The van der Waals surface area contributed by atoms with E-state index < -0.39 is 0 Å². The van der Waals surface area contributed by atoms with Gasteiger partial charge in [0.25, 0.3) is 0 Å². The summed E-state index contributed by atoms with van der Waals surface area (Å²) in [6.45, 7) is 0.772. The van der Waals surface area contributed by atoms with Crippen LogP contribution in [-0.4, -0.2) is 32.8 Å². The molecule has 1 saturated heterocycles. The van der Waals surface area contributed by atoms with E-state index in [1.807, 2.05) is 7.05 Å². The fourth-order valence-corrected chi connectivity index (χ4v) is 3.84. The number of rotatable bonds is 3. The van der Waals surface area contributed by atoms with Gasteiger partial charge in [0.2, 0.25) is 0 Å². The molecule has 0 spiro atoms. The quantitative estimate of drug-likeness (QED) is 0.869. The standard InChI is InChI=1S/C17H23NO3/c1-18-13-5-3-11(4-6-13)12-9-15(17(19)20-2)14-7-8-21-16(14)10-12/h3-6,12,14-16,18H,7-10H2,1-2H3. The molecule has 1 aromatic carbocycles. The maximum absolute atomic E-state index is 12.1. The smallest absolute Gasteiger partial charge is 0.309 e. The monoisotopic (exact) mass is 289 g/mol. The van der Waals surface area contributed by atoms with E-state index in [4.69, 9.17) is 9.47 Å². The first-order valence-corrected chi connectivity index (χ1v) is 7.70. The third-order valence-electron chi connectivity index (χ3n) is 5.01. The summed E-state index contributed by atoms with van der Waals surface area (Å²) in [6.07, 6.45) is 3.07. The number of hydrogen-bond acceptors (Lipinski definition) is 4. The van der Waals surface area contributed by atoms with Gasteiger partial charge in [-0.05, 0) is 42.9 Å². The molecule has 1 aromatic rings. The molecule has 0 radical (unpaired) electrons. The molecule has 2 fully saturated rings. The second-order valence-electron chi connectivity index (χ2n) is 6.03. The van der Waals surface area contributed by atoms with Gasteiger partial charge < -0.3 is 14.8 Å². The summed E-state index contributed by atoms with van der Waals surface area (Å²) < 4.78 is 10.9. The van der Waals surface area contributed by atoms with Crippen molar-refractivity contribution in [2.24, 2.45) is 11.8 Å². The van der Waals surface area contributed by atoms with Crippen molar-refractivity contribution in [1.29, 1.82) is 0 Å². The van der Waals surface area contributed by atoms with E-state index in [1.165, 1.54) is 12.7 Å². The average molecular weight is 289 g/mol. The third-order valence-corrected chi connectivity index (χ3v) is 5.01. The van der Waals surface area contributed by atoms with Crippen LogP contribution in [0.5, 0.6) is 0 Å². The van der Waals surface area contributed by atoms with Crippen LogP contribution in [0.4, 0.5) is 5.69 Å². The average Bonchev–Trinajstić information content (AvgIpc) is 3.01. The first kappa shape index (κ1) is 14.4. The van der Waals surface area contributed by atoms with E-state index in [2.05, 4.69) is 29.6 Å². The van der Waals surface area contributed by atoms with Crippen molar-refractivity contribution in [3.8, 4) is 0 Å². The molecule has 4 unspecified atom stereocenters. The maximum Gasteiger partial charge on any atom is 0.309 e. The van der Waals surface area contributed by atoms with Gasteiger partial charge in [0.05, 0.1) is 19.1 Å². The van der Waals surface area contributed by atoms with Crippen LogP contribution < -0.4 is 5.32 Å². The Labute approximate surface area is 125 Å². The predicted octanol–water partition coefficient (Wildman–Crippen LogP) is 2.80. The van der Waals surface area contributed by atoms with Crippen molar-refractivity contribution >= 4 is 11.7 Å². The summed E-state index contributed by atoms with van der Waals surface area (Å²) >= 11 is 0. The number of esters is 1. The molecule has 0 amide bonds. The molecule has 2 aliphatic rings. The van der Waals surface area contributed by atoms with Crippen LogP contribution in [0.25, 0.3) is 0 Å². The number of nitrogens with one attached hydrogen (secondary N) is 1. The van der Waals surface area contributed by atoms with Crippen molar-refractivity contribution in [3.63, 3.8) is 0 Å². The number of benzene rings is 1. The lowest BCUT2D eigenvalue weighted by Gasteiger charge is -2.36. The van der Waals surface area contributed by atoms with E-state index in [0.29, 0.717) is 11.8 Å². The summed E-state index contributed by atoms with van der Waals surface area (Å²) in [6, 6.07) is 8.48. The van der Waals surface area contributed by atoms with Gasteiger partial charge in [-0.3, -0.25) is 4.79 Å². The zero-order valence-corrected chi connectivity index (χ0v) is 12.7. The lowest BCUT2D eigenvalue weighted by atomic mass is 9.70. The molecule has 114 valence electrons. The molecule has 1 N–H and O–H groups in total. The second kappa shape index (κ2) is 6.06. The number of carbonyl (C=O) groups is 1. The zero-order chi connectivity index (χ0) is 14.8. The van der Waals surface area contributed by atoms with E-state index in [9.17, 15) is 4.79 Å². The van der Waals surface area contributed by atoms with Crippen molar-refractivity contribution < 1.29 is 14.3 Å². The minimum absolute atomic E-state index is 0.0229. The predicted molar refractivity (Wildman–Crippen MR) is 81.3 cm³/mol. The minimum Gasteiger partial charge on any atom is -0.469 e. The molecule has 1 saturated carbocycles. The molecule has 4 atom stereocenters. The Kier molecular flexibility index (Phi) is 4.15. The van der Waals surface area contributed by atoms with Gasteiger partial charge in [0.15, 0.2) is 0 Å². The van der Waals surface area contributed by atoms with Crippen LogP contribution in [0.1, 0.15) is 30.7 Å². The highest BCUT2D eigenvalue weighted by Gasteiger charge is 2.45. The van der Waals surface area contributed by atoms with Gasteiger partial charge in [-0.15, -0.1) is 0 Å². The van der Waals surface area contributed by atoms with Gasteiger partial charge in [0.1, 0.15) is 0 Å². The Hall–Kier alpha value is -1.55.